The molecule has 1 aromatic carbocycles. The molecule has 28 heavy (non-hydrogen) atoms. The van der Waals surface area contributed by atoms with Gasteiger partial charge >= 0.3 is 6.18 Å². The Hall–Kier alpha value is -2.75. The van der Waals surface area contributed by atoms with Crippen molar-refractivity contribution in [3.8, 4) is 0 Å². The minimum atomic E-state index is -4.79. The first kappa shape index (κ1) is 21.5. The van der Waals surface area contributed by atoms with Gasteiger partial charge in [-0.15, -0.1) is 0 Å². The van der Waals surface area contributed by atoms with Crippen molar-refractivity contribution in [2.24, 2.45) is 5.73 Å². The molecule has 0 aliphatic heterocycles. The van der Waals surface area contributed by atoms with Crippen LogP contribution in [0.5, 0.6) is 0 Å². The van der Waals surface area contributed by atoms with Crippen LogP contribution in [0.25, 0.3) is 0 Å². The average Bonchev–Trinajstić information content (AvgIpc) is 3.33. The lowest BCUT2D eigenvalue weighted by atomic mass is 10.1. The molecule has 0 saturated heterocycles. The van der Waals surface area contributed by atoms with E-state index in [9.17, 15) is 26.7 Å². The molecule has 1 heterocycles. The summed E-state index contributed by atoms with van der Waals surface area (Å²) < 4.78 is 67.0. The lowest BCUT2D eigenvalue weighted by Gasteiger charge is -2.15. The second-order valence-corrected chi connectivity index (χ2v) is 6.28. The molecule has 1 saturated carbocycles. The summed E-state index contributed by atoms with van der Waals surface area (Å²) in [7, 11) is 0. The monoisotopic (exact) mass is 402 g/mol. The SMILES string of the molecule is C.NC1(C(=O)NCc2ncc(Nc3c(F)cccc3C(F)(F)F)cc2F)CC1. The van der Waals surface area contributed by atoms with Crippen molar-refractivity contribution in [3.63, 3.8) is 0 Å². The molecule has 0 unspecified atom stereocenters. The molecule has 5 nitrogen and oxygen atoms in total. The number of nitrogens with two attached hydrogens (primary N) is 1. The molecule has 1 amide bonds. The number of benzene rings is 1. The molecule has 10 heteroatoms. The van der Waals surface area contributed by atoms with Crippen LogP contribution in [-0.4, -0.2) is 16.4 Å². The summed E-state index contributed by atoms with van der Waals surface area (Å²) in [5.74, 6) is -2.43. The molecule has 3 rings (SSSR count). The summed E-state index contributed by atoms with van der Waals surface area (Å²) in [5, 5.41) is 4.66. The fourth-order valence-electron chi connectivity index (χ4n) is 2.40. The van der Waals surface area contributed by atoms with E-state index in [1.807, 2.05) is 0 Å². The molecule has 0 bridgehead atoms. The predicted molar refractivity (Wildman–Crippen MR) is 93.6 cm³/mol. The van der Waals surface area contributed by atoms with Crippen molar-refractivity contribution >= 4 is 17.3 Å². The third kappa shape index (κ3) is 4.56. The van der Waals surface area contributed by atoms with Crippen LogP contribution in [0, 0.1) is 11.6 Å². The first-order valence-electron chi connectivity index (χ1n) is 7.94. The fourth-order valence-corrected chi connectivity index (χ4v) is 2.40. The number of nitrogens with zero attached hydrogens (tertiary/aromatic N) is 1. The van der Waals surface area contributed by atoms with Gasteiger partial charge in [0.1, 0.15) is 11.6 Å². The van der Waals surface area contributed by atoms with Crippen LogP contribution < -0.4 is 16.4 Å². The number of aromatic nitrogens is 1. The predicted octanol–water partition coefficient (Wildman–Crippen LogP) is 3.87. The van der Waals surface area contributed by atoms with Gasteiger partial charge in [0.05, 0.1) is 40.9 Å². The van der Waals surface area contributed by atoms with Crippen LogP contribution in [0.4, 0.5) is 33.3 Å². The number of rotatable bonds is 5. The number of anilines is 2. The van der Waals surface area contributed by atoms with Gasteiger partial charge in [-0.3, -0.25) is 9.78 Å². The van der Waals surface area contributed by atoms with Crippen molar-refractivity contribution < 1.29 is 26.7 Å². The van der Waals surface area contributed by atoms with Gasteiger partial charge < -0.3 is 16.4 Å². The number of amides is 1. The number of halogens is 5. The van der Waals surface area contributed by atoms with E-state index in [1.165, 1.54) is 0 Å². The van der Waals surface area contributed by atoms with Crippen LogP contribution in [0.1, 0.15) is 31.5 Å². The highest BCUT2D eigenvalue weighted by atomic mass is 19.4. The maximum atomic E-state index is 14.1. The van der Waals surface area contributed by atoms with E-state index in [0.717, 1.165) is 24.4 Å². The number of hydrogen-bond donors (Lipinski definition) is 3. The van der Waals surface area contributed by atoms with Gasteiger partial charge in [0.2, 0.25) is 5.91 Å². The van der Waals surface area contributed by atoms with Gasteiger partial charge in [-0.05, 0) is 25.0 Å². The standard InChI is InChI=1S/C17H15F5N4O.CH4/c18-11-3-1-2-10(17(20,21)22)14(11)26-9-6-12(19)13(24-7-9)8-25-15(27)16(23)4-5-16;/h1-3,6-7,26H,4-5,8,23H2,(H,25,27);1H4. The highest BCUT2D eigenvalue weighted by Crippen LogP contribution is 2.37. The van der Waals surface area contributed by atoms with Gasteiger partial charge in [0.15, 0.2) is 0 Å². The Morgan fingerprint density at radius 3 is 2.46 bits per heavy atom. The van der Waals surface area contributed by atoms with E-state index < -0.39 is 40.5 Å². The first-order valence-corrected chi connectivity index (χ1v) is 7.94. The summed E-state index contributed by atoms with van der Waals surface area (Å²) in [6, 6.07) is 3.36. The van der Waals surface area contributed by atoms with Crippen LogP contribution in [0.2, 0.25) is 0 Å². The van der Waals surface area contributed by atoms with Crippen LogP contribution in [0.15, 0.2) is 30.5 Å². The number of carbonyl (C=O) groups is 1. The number of nitrogens with one attached hydrogen (secondary N) is 2. The molecule has 152 valence electrons. The Morgan fingerprint density at radius 2 is 1.89 bits per heavy atom. The number of pyridine rings is 1. The zero-order chi connectivity index (χ0) is 19.8. The van der Waals surface area contributed by atoms with Gasteiger partial charge in [-0.1, -0.05) is 13.5 Å². The lowest BCUT2D eigenvalue weighted by molar-refractivity contribution is -0.137. The van der Waals surface area contributed by atoms with Crippen molar-refractivity contribution in [2.45, 2.75) is 38.5 Å². The normalized spacial score (nSPS) is 14.8. The van der Waals surface area contributed by atoms with Crippen LogP contribution in [-0.2, 0) is 17.5 Å². The summed E-state index contributed by atoms with van der Waals surface area (Å²) in [6.45, 7) is -0.225. The molecule has 2 aromatic rings. The summed E-state index contributed by atoms with van der Waals surface area (Å²) in [5.41, 5.74) is 2.44. The van der Waals surface area contributed by atoms with E-state index >= 15 is 0 Å². The second kappa shape index (κ2) is 7.70. The van der Waals surface area contributed by atoms with Crippen LogP contribution >= 0.6 is 0 Å². The maximum absolute atomic E-state index is 14.1. The molecule has 1 aliphatic carbocycles. The van der Waals surface area contributed by atoms with Gasteiger partial charge in [-0.2, -0.15) is 13.2 Å². The van der Waals surface area contributed by atoms with Crippen molar-refractivity contribution in [2.75, 3.05) is 5.32 Å². The van der Waals surface area contributed by atoms with E-state index in [4.69, 9.17) is 5.73 Å². The van der Waals surface area contributed by atoms with Crippen LogP contribution in [0.3, 0.4) is 0 Å². The molecule has 0 spiro atoms. The highest BCUT2D eigenvalue weighted by molar-refractivity contribution is 5.88. The Labute approximate surface area is 158 Å². The van der Waals surface area contributed by atoms with E-state index in [-0.39, 0.29) is 25.4 Å². The van der Waals surface area contributed by atoms with E-state index in [2.05, 4.69) is 15.6 Å². The molecule has 1 aliphatic rings. The molecule has 0 atom stereocenters. The first-order chi connectivity index (χ1) is 12.6. The molecule has 1 aromatic heterocycles. The fraction of sp³-hybridized carbons (Fsp3) is 0.333. The second-order valence-electron chi connectivity index (χ2n) is 6.28. The van der Waals surface area contributed by atoms with Gasteiger partial charge in [0, 0.05) is 6.07 Å². The average molecular weight is 402 g/mol. The topological polar surface area (TPSA) is 80.0 Å². The zero-order valence-corrected chi connectivity index (χ0v) is 13.8. The maximum Gasteiger partial charge on any atom is 0.418 e. The Kier molecular flexibility index (Phi) is 5.93. The Morgan fingerprint density at radius 1 is 1.21 bits per heavy atom. The molecule has 4 N–H and O–H groups in total. The van der Waals surface area contributed by atoms with E-state index in [1.54, 1.807) is 0 Å². The molecular formula is C18H19F5N4O. The largest absolute Gasteiger partial charge is 0.418 e. The third-order valence-corrected chi connectivity index (χ3v) is 4.16. The van der Waals surface area contributed by atoms with Gasteiger partial charge in [0.25, 0.3) is 0 Å². The number of hydrogen-bond acceptors (Lipinski definition) is 4. The van der Waals surface area contributed by atoms with E-state index in [0.29, 0.717) is 18.9 Å². The molecule has 1 fully saturated rings. The summed E-state index contributed by atoms with van der Waals surface area (Å²) in [6.07, 6.45) is -2.66. The quantitative estimate of drug-likeness (QED) is 0.664. The Balaban J connectivity index is 0.00000280. The third-order valence-electron chi connectivity index (χ3n) is 4.16. The molecule has 0 radical (unpaired) electrons. The number of para-hydroxylation sites is 1. The minimum absolute atomic E-state index is 0. The zero-order valence-electron chi connectivity index (χ0n) is 13.8. The minimum Gasteiger partial charge on any atom is -0.351 e. The summed E-state index contributed by atoms with van der Waals surface area (Å²) >= 11 is 0. The lowest BCUT2D eigenvalue weighted by Crippen LogP contribution is -2.42. The number of alkyl halides is 3. The van der Waals surface area contributed by atoms with Gasteiger partial charge in [-0.25, -0.2) is 8.78 Å². The Bertz CT molecular complexity index is 881. The summed E-state index contributed by atoms with van der Waals surface area (Å²) in [4.78, 5) is 15.5. The van der Waals surface area contributed by atoms with Crippen molar-refractivity contribution in [1.29, 1.82) is 0 Å². The highest BCUT2D eigenvalue weighted by Gasteiger charge is 2.45. The smallest absolute Gasteiger partial charge is 0.351 e. The van der Waals surface area contributed by atoms with Crippen molar-refractivity contribution in [3.05, 3.63) is 53.4 Å². The number of carbonyl (C=O) groups excluding carboxylic acids is 1. The molecular weight excluding hydrogens is 383 g/mol. The van der Waals surface area contributed by atoms with Crippen molar-refractivity contribution in [1.82, 2.24) is 10.3 Å².